The molecule has 0 aromatic heterocycles. The van der Waals surface area contributed by atoms with Gasteiger partial charge in [0.15, 0.2) is 17.3 Å². The van der Waals surface area contributed by atoms with Crippen molar-refractivity contribution < 1.29 is 42.8 Å². The summed E-state index contributed by atoms with van der Waals surface area (Å²) in [6, 6.07) is 13.9. The number of carbonyl (C=O) groups excluding carboxylic acids is 6. The molecule has 4 fully saturated rings. The molecule has 1 aliphatic heterocycles. The van der Waals surface area contributed by atoms with E-state index in [4.69, 9.17) is 25.5 Å². The minimum Gasteiger partial charge on any atom is -0.466 e. The standard InChI is InChI=1S/C54H81BN4O9/c1-8-10-15-37-18-20-38(21-19-37)39-22-24-40(25-23-39)45(60)32-41(16-11-13-28-56)52(65)59-44(26-27-50(63)66-9-2)46(61)30-35(3)51(64)58-43(17-12-14-29-57)47(62)31-36(4)55-67-49-34-42-33-48(53(42,5)6)54(49,7)68-55/h18-25,35-36,41-44,48-49H,8-17,26-34,56-57H2,1-7H3,(H,58,64)(H,59,65)/t35-,36-,41-,42+,43+,44+,48+,49-,54+/m1/s1. The summed E-state index contributed by atoms with van der Waals surface area (Å²) < 4.78 is 18.3. The maximum Gasteiger partial charge on any atom is 0.461 e. The van der Waals surface area contributed by atoms with Crippen molar-refractivity contribution in [1.29, 1.82) is 0 Å². The van der Waals surface area contributed by atoms with Gasteiger partial charge in [-0.2, -0.15) is 0 Å². The summed E-state index contributed by atoms with van der Waals surface area (Å²) in [5, 5.41) is 5.80. The van der Waals surface area contributed by atoms with E-state index < -0.39 is 60.2 Å². The predicted octanol–water partition coefficient (Wildman–Crippen LogP) is 8.13. The average molecular weight is 941 g/mol. The number of Topliss-reactive ketones (excluding diaryl/α,β-unsaturated/α-hetero) is 3. The number of hydrogen-bond acceptors (Lipinski definition) is 11. The molecule has 0 spiro atoms. The Morgan fingerprint density at radius 3 is 1.97 bits per heavy atom. The summed E-state index contributed by atoms with van der Waals surface area (Å²) in [6.45, 7) is 15.2. The average Bonchev–Trinajstić information content (AvgIpc) is 3.69. The minimum atomic E-state index is -1.13. The van der Waals surface area contributed by atoms with E-state index in [1.165, 1.54) is 5.56 Å². The topological polar surface area (TPSA) is 206 Å². The van der Waals surface area contributed by atoms with Crippen LogP contribution in [0.5, 0.6) is 0 Å². The molecule has 2 bridgehead atoms. The Hall–Kier alpha value is -4.24. The molecule has 2 aromatic carbocycles. The van der Waals surface area contributed by atoms with Crippen LogP contribution in [0.3, 0.4) is 0 Å². The van der Waals surface area contributed by atoms with E-state index in [0.717, 1.165) is 43.2 Å². The molecular formula is C54H81BN4O9. The first-order valence-electron chi connectivity index (χ1n) is 25.7. The Morgan fingerprint density at radius 2 is 1.35 bits per heavy atom. The molecular weight excluding hydrogens is 859 g/mol. The number of carbonyl (C=O) groups is 6. The highest BCUT2D eigenvalue weighted by Crippen LogP contribution is 2.66. The number of aryl methyl sites for hydroxylation is 1. The van der Waals surface area contributed by atoms with Crippen LogP contribution in [0, 0.1) is 29.1 Å². The fraction of sp³-hybridized carbons (Fsp3) is 0.667. The van der Waals surface area contributed by atoms with Gasteiger partial charge in [0.2, 0.25) is 11.8 Å². The fourth-order valence-corrected chi connectivity index (χ4v) is 10.8. The van der Waals surface area contributed by atoms with Gasteiger partial charge in [-0.25, -0.2) is 0 Å². The van der Waals surface area contributed by atoms with Crippen LogP contribution in [-0.2, 0) is 44.4 Å². The zero-order chi connectivity index (χ0) is 49.6. The summed E-state index contributed by atoms with van der Waals surface area (Å²) in [6.07, 6.45) is 8.27. The number of nitrogens with one attached hydrogen (secondary N) is 2. The van der Waals surface area contributed by atoms with E-state index in [1.54, 1.807) is 26.0 Å². The number of rotatable bonds is 30. The number of nitrogens with two attached hydrogens (primary N) is 2. The number of esters is 1. The lowest BCUT2D eigenvalue weighted by atomic mass is 9.43. The monoisotopic (exact) mass is 941 g/mol. The largest absolute Gasteiger partial charge is 0.466 e. The normalized spacial score (nSPS) is 22.4. The zero-order valence-corrected chi connectivity index (χ0v) is 42.1. The van der Waals surface area contributed by atoms with Crippen LogP contribution in [0.1, 0.15) is 161 Å². The first kappa shape index (κ1) is 54.7. The number of benzene rings is 2. The molecule has 6 rings (SSSR count). The summed E-state index contributed by atoms with van der Waals surface area (Å²) in [5.74, 6) is -3.17. The van der Waals surface area contributed by atoms with E-state index >= 15 is 0 Å². The third-order valence-corrected chi connectivity index (χ3v) is 15.3. The highest BCUT2D eigenvalue weighted by Gasteiger charge is 2.68. The summed E-state index contributed by atoms with van der Waals surface area (Å²) in [5.41, 5.74) is 15.2. The SMILES string of the molecule is CCCCc1ccc(-c2ccc(C(=O)C[C@@H](CCCCN)C(=O)N[C@@H](CCC(=O)OCC)C(=O)C[C@@H](C)C(=O)N[C@@H](CCCCN)C(=O)C[C@@H](C)B3O[C@@H]4C[C@@H]5C[C@@H](C5(C)C)[C@]4(C)O3)cc2)cc1. The fourth-order valence-electron chi connectivity index (χ4n) is 10.8. The van der Waals surface area contributed by atoms with Gasteiger partial charge in [0.1, 0.15) is 0 Å². The van der Waals surface area contributed by atoms with E-state index in [9.17, 15) is 28.8 Å². The number of ether oxygens (including phenoxy) is 1. The van der Waals surface area contributed by atoms with Gasteiger partial charge in [-0.05, 0) is 131 Å². The number of hydrogen-bond donors (Lipinski definition) is 4. The molecule has 4 aliphatic rings. The van der Waals surface area contributed by atoms with Crippen LogP contribution in [-0.4, -0.2) is 85.7 Å². The molecule has 68 heavy (non-hydrogen) atoms. The molecule has 14 heteroatoms. The summed E-state index contributed by atoms with van der Waals surface area (Å²) in [4.78, 5) is 82.3. The van der Waals surface area contributed by atoms with Crippen molar-refractivity contribution in [2.45, 2.75) is 181 Å². The maximum atomic E-state index is 14.1. The first-order chi connectivity index (χ1) is 32.4. The van der Waals surface area contributed by atoms with Crippen molar-refractivity contribution in [3.05, 3.63) is 59.7 Å². The van der Waals surface area contributed by atoms with Crippen LogP contribution in [0.15, 0.2) is 48.5 Å². The third-order valence-electron chi connectivity index (χ3n) is 15.3. The van der Waals surface area contributed by atoms with E-state index in [0.29, 0.717) is 69.0 Å². The van der Waals surface area contributed by atoms with Gasteiger partial charge in [0, 0.05) is 43.1 Å². The van der Waals surface area contributed by atoms with Gasteiger partial charge in [0.05, 0.1) is 30.4 Å². The van der Waals surface area contributed by atoms with Crippen molar-refractivity contribution in [1.82, 2.24) is 10.6 Å². The lowest BCUT2D eigenvalue weighted by Crippen LogP contribution is -2.65. The van der Waals surface area contributed by atoms with Gasteiger partial charge in [0.25, 0.3) is 0 Å². The Balaban J connectivity index is 1.22. The number of amides is 2. The van der Waals surface area contributed by atoms with Gasteiger partial charge in [-0.3, -0.25) is 28.8 Å². The van der Waals surface area contributed by atoms with Crippen molar-refractivity contribution in [2.75, 3.05) is 19.7 Å². The molecule has 0 radical (unpaired) electrons. The van der Waals surface area contributed by atoms with E-state index in [1.807, 2.05) is 19.1 Å². The maximum absolute atomic E-state index is 14.1. The highest BCUT2D eigenvalue weighted by atomic mass is 16.7. The van der Waals surface area contributed by atoms with Crippen LogP contribution in [0.25, 0.3) is 11.1 Å². The van der Waals surface area contributed by atoms with Crippen LogP contribution >= 0.6 is 0 Å². The molecule has 0 unspecified atom stereocenters. The van der Waals surface area contributed by atoms with Crippen LogP contribution < -0.4 is 22.1 Å². The molecule has 374 valence electrons. The van der Waals surface area contributed by atoms with Crippen LogP contribution in [0.2, 0.25) is 5.82 Å². The highest BCUT2D eigenvalue weighted by molar-refractivity contribution is 6.47. The van der Waals surface area contributed by atoms with Gasteiger partial charge in [-0.1, -0.05) is 96.0 Å². The predicted molar refractivity (Wildman–Crippen MR) is 266 cm³/mol. The third kappa shape index (κ3) is 14.2. The summed E-state index contributed by atoms with van der Waals surface area (Å²) >= 11 is 0. The second-order valence-corrected chi connectivity index (χ2v) is 20.8. The van der Waals surface area contributed by atoms with Crippen molar-refractivity contribution in [3.63, 3.8) is 0 Å². The molecule has 3 saturated carbocycles. The molecule has 1 heterocycles. The van der Waals surface area contributed by atoms with E-state index in [2.05, 4.69) is 62.6 Å². The Labute approximate surface area is 406 Å². The lowest BCUT2D eigenvalue weighted by molar-refractivity contribution is -0.199. The molecule has 13 nitrogen and oxygen atoms in total. The Morgan fingerprint density at radius 1 is 0.750 bits per heavy atom. The molecule has 1 saturated heterocycles. The van der Waals surface area contributed by atoms with E-state index in [-0.39, 0.29) is 67.6 Å². The summed E-state index contributed by atoms with van der Waals surface area (Å²) in [7, 11) is -0.531. The lowest BCUT2D eigenvalue weighted by Gasteiger charge is -2.64. The van der Waals surface area contributed by atoms with Gasteiger partial charge in [-0.15, -0.1) is 0 Å². The Bertz CT molecular complexity index is 2010. The smallest absolute Gasteiger partial charge is 0.461 e. The minimum absolute atomic E-state index is 0.0109. The number of unbranched alkanes of at least 4 members (excludes halogenated alkanes) is 3. The van der Waals surface area contributed by atoms with Gasteiger partial charge < -0.3 is 36.1 Å². The van der Waals surface area contributed by atoms with Crippen LogP contribution in [0.4, 0.5) is 0 Å². The van der Waals surface area contributed by atoms with Crippen molar-refractivity contribution in [2.24, 2.45) is 40.6 Å². The van der Waals surface area contributed by atoms with Crippen molar-refractivity contribution >= 4 is 42.3 Å². The molecule has 2 amide bonds. The molecule has 6 N–H and O–H groups in total. The molecule has 3 aliphatic carbocycles. The molecule has 2 aromatic rings. The first-order valence-corrected chi connectivity index (χ1v) is 25.7. The zero-order valence-electron chi connectivity index (χ0n) is 42.1. The van der Waals surface area contributed by atoms with Crippen molar-refractivity contribution in [3.8, 4) is 11.1 Å². The second kappa shape index (κ2) is 25.6. The van der Waals surface area contributed by atoms with Gasteiger partial charge >= 0.3 is 13.1 Å². The second-order valence-electron chi connectivity index (χ2n) is 20.8. The number of ketones is 3. The quantitative estimate of drug-likeness (QED) is 0.0255. The Kier molecular flexibility index (Phi) is 20.6. The molecule has 9 atom stereocenters.